The number of carbonyl (C=O) groups excluding carboxylic acids is 1. The molecule has 0 atom stereocenters. The zero-order chi connectivity index (χ0) is 9.14. The first-order valence-electron chi connectivity index (χ1n) is 3.05. The molecule has 0 aliphatic rings. The van der Waals surface area contributed by atoms with E-state index < -0.39 is 0 Å². The van der Waals surface area contributed by atoms with Crippen LogP contribution < -0.4 is 0 Å². The van der Waals surface area contributed by atoms with Gasteiger partial charge in [0, 0.05) is 0 Å². The molecule has 3 nitrogen and oxygen atoms in total. The molecular weight excluding hydrogens is 337 g/mol. The van der Waals surface area contributed by atoms with Gasteiger partial charge in [-0.25, -0.2) is 9.78 Å². The van der Waals surface area contributed by atoms with E-state index in [1.807, 2.05) is 0 Å². The van der Waals surface area contributed by atoms with Crippen LogP contribution in [0.5, 0.6) is 0 Å². The van der Waals surface area contributed by atoms with Gasteiger partial charge in [0.2, 0.25) is 0 Å². The fraction of sp³-hybridized carbons (Fsp3) is 0.143. The number of methoxy groups -OCH3 is 1. The lowest BCUT2D eigenvalue weighted by atomic mass is 10.3. The maximum atomic E-state index is 11.1. The predicted octanol–water partition coefficient (Wildman–Crippen LogP) is 2.24. The van der Waals surface area contributed by atoms with Crippen molar-refractivity contribution in [2.24, 2.45) is 0 Å². The van der Waals surface area contributed by atoms with E-state index in [1.54, 1.807) is 12.1 Å². The minimum absolute atomic E-state index is 0.384. The van der Waals surface area contributed by atoms with Gasteiger partial charge >= 0.3 is 5.97 Å². The van der Waals surface area contributed by atoms with Crippen LogP contribution in [0.3, 0.4) is 0 Å². The highest BCUT2D eigenvalue weighted by Crippen LogP contribution is 2.16. The van der Waals surface area contributed by atoms with Gasteiger partial charge in [0.1, 0.15) is 8.30 Å². The molecule has 1 aromatic heterocycles. The lowest BCUT2D eigenvalue weighted by molar-refractivity contribution is 0.0599. The number of pyridine rings is 1. The Morgan fingerprint density at radius 1 is 1.67 bits per heavy atom. The van der Waals surface area contributed by atoms with E-state index in [9.17, 15) is 4.79 Å². The molecule has 1 rings (SSSR count). The Labute approximate surface area is 91.8 Å². The van der Waals surface area contributed by atoms with Crippen LogP contribution >= 0.6 is 38.5 Å². The Hall–Kier alpha value is -0.170. The average molecular weight is 342 g/mol. The van der Waals surface area contributed by atoms with Gasteiger partial charge in [-0.3, -0.25) is 0 Å². The van der Waals surface area contributed by atoms with Crippen LogP contribution in [0.25, 0.3) is 0 Å². The minimum atomic E-state index is -0.384. The summed E-state index contributed by atoms with van der Waals surface area (Å²) in [7, 11) is 1.34. The molecule has 5 heteroatoms. The topological polar surface area (TPSA) is 39.2 Å². The molecule has 0 radical (unpaired) electrons. The van der Waals surface area contributed by atoms with Crippen molar-refractivity contribution in [1.29, 1.82) is 0 Å². The van der Waals surface area contributed by atoms with Crippen molar-refractivity contribution in [2.45, 2.75) is 0 Å². The van der Waals surface area contributed by atoms with Crippen molar-refractivity contribution in [2.75, 3.05) is 7.11 Å². The van der Waals surface area contributed by atoms with E-state index in [-0.39, 0.29) is 5.97 Å². The Bertz CT molecular complexity index is 316. The molecule has 12 heavy (non-hydrogen) atoms. The molecule has 0 aliphatic carbocycles. The summed E-state index contributed by atoms with van der Waals surface area (Å²) in [6.45, 7) is 0. The molecule has 0 aromatic carbocycles. The molecule has 0 aliphatic heterocycles. The van der Waals surface area contributed by atoms with Crippen LogP contribution in [0.1, 0.15) is 10.4 Å². The summed E-state index contributed by atoms with van der Waals surface area (Å²) >= 11 is 5.24. The Morgan fingerprint density at radius 3 is 2.83 bits per heavy atom. The molecule has 0 spiro atoms. The van der Waals surface area contributed by atoms with Gasteiger partial charge in [0.15, 0.2) is 0 Å². The van der Waals surface area contributed by atoms with Crippen LogP contribution in [0.2, 0.25) is 0 Å². The molecule has 0 N–H and O–H groups in total. The summed E-state index contributed by atoms with van der Waals surface area (Å²) in [6, 6.07) is 3.42. The molecule has 0 bridgehead atoms. The fourth-order valence-electron chi connectivity index (χ4n) is 0.674. The number of ether oxygens (including phenoxy) is 1. The standard InChI is InChI=1S/C7H5BrINO2/c1-12-7(11)4-2-3-5(9)10-6(4)8/h2-3H,1H3. The first-order valence-corrected chi connectivity index (χ1v) is 4.92. The lowest BCUT2D eigenvalue weighted by Gasteiger charge is -2.00. The van der Waals surface area contributed by atoms with Gasteiger partial charge in [-0.1, -0.05) is 0 Å². The van der Waals surface area contributed by atoms with Crippen molar-refractivity contribution >= 4 is 44.5 Å². The molecule has 0 amide bonds. The smallest absolute Gasteiger partial charge is 0.340 e. The van der Waals surface area contributed by atoms with E-state index in [4.69, 9.17) is 0 Å². The Kier molecular flexibility index (Phi) is 3.45. The molecule has 0 fully saturated rings. The van der Waals surface area contributed by atoms with Gasteiger partial charge in [-0.15, -0.1) is 0 Å². The molecule has 0 saturated heterocycles. The maximum absolute atomic E-state index is 11.1. The second kappa shape index (κ2) is 4.18. The number of aromatic nitrogens is 1. The van der Waals surface area contributed by atoms with Crippen LogP contribution in [0.15, 0.2) is 16.7 Å². The first-order chi connectivity index (χ1) is 5.65. The zero-order valence-electron chi connectivity index (χ0n) is 6.17. The van der Waals surface area contributed by atoms with Gasteiger partial charge in [-0.05, 0) is 50.7 Å². The molecule has 0 saturated carbocycles. The highest BCUT2D eigenvalue weighted by molar-refractivity contribution is 14.1. The van der Waals surface area contributed by atoms with Crippen LogP contribution in [-0.4, -0.2) is 18.1 Å². The molecule has 1 aromatic rings. The van der Waals surface area contributed by atoms with Crippen molar-refractivity contribution in [3.63, 3.8) is 0 Å². The average Bonchev–Trinajstić information content (AvgIpc) is 2.03. The number of rotatable bonds is 1. The van der Waals surface area contributed by atoms with Crippen molar-refractivity contribution < 1.29 is 9.53 Å². The monoisotopic (exact) mass is 341 g/mol. The predicted molar refractivity (Wildman–Crippen MR) is 56.0 cm³/mol. The third kappa shape index (κ3) is 2.16. The summed E-state index contributed by atoms with van der Waals surface area (Å²) in [5.41, 5.74) is 0.443. The lowest BCUT2D eigenvalue weighted by Crippen LogP contribution is -2.03. The number of hydrogen-bond donors (Lipinski definition) is 0. The zero-order valence-corrected chi connectivity index (χ0v) is 9.92. The summed E-state index contributed by atoms with van der Waals surface area (Å²) in [5, 5.41) is 0. The molecule has 1 heterocycles. The Balaban J connectivity index is 3.09. The third-order valence-electron chi connectivity index (χ3n) is 1.22. The van der Waals surface area contributed by atoms with E-state index in [2.05, 4.69) is 48.2 Å². The van der Waals surface area contributed by atoms with E-state index in [0.29, 0.717) is 10.2 Å². The van der Waals surface area contributed by atoms with Gasteiger partial charge in [-0.2, -0.15) is 0 Å². The normalized spacial score (nSPS) is 9.58. The summed E-state index contributed by atoms with van der Waals surface area (Å²) < 4.78 is 5.89. The summed E-state index contributed by atoms with van der Waals surface area (Å²) in [4.78, 5) is 15.1. The van der Waals surface area contributed by atoms with Crippen LogP contribution in [0, 0.1) is 3.70 Å². The number of hydrogen-bond acceptors (Lipinski definition) is 3. The fourth-order valence-corrected chi connectivity index (χ4v) is 1.91. The van der Waals surface area contributed by atoms with Crippen molar-refractivity contribution in [3.8, 4) is 0 Å². The summed E-state index contributed by atoms with van der Waals surface area (Å²) in [5.74, 6) is -0.384. The molecular formula is C7H5BrINO2. The van der Waals surface area contributed by atoms with Gasteiger partial charge in [0.25, 0.3) is 0 Å². The van der Waals surface area contributed by atoms with E-state index in [1.165, 1.54) is 7.11 Å². The van der Waals surface area contributed by atoms with E-state index in [0.717, 1.165) is 3.70 Å². The van der Waals surface area contributed by atoms with Crippen molar-refractivity contribution in [3.05, 3.63) is 26.0 Å². The number of esters is 1. The number of halogens is 2. The number of nitrogens with zero attached hydrogens (tertiary/aromatic N) is 1. The summed E-state index contributed by atoms with van der Waals surface area (Å²) in [6.07, 6.45) is 0. The van der Waals surface area contributed by atoms with Gasteiger partial charge < -0.3 is 4.74 Å². The van der Waals surface area contributed by atoms with Crippen LogP contribution in [0.4, 0.5) is 0 Å². The highest BCUT2D eigenvalue weighted by Gasteiger charge is 2.10. The van der Waals surface area contributed by atoms with Crippen LogP contribution in [-0.2, 0) is 4.74 Å². The SMILES string of the molecule is COC(=O)c1ccc(I)nc1Br. The Morgan fingerprint density at radius 2 is 2.33 bits per heavy atom. The largest absolute Gasteiger partial charge is 0.465 e. The second-order valence-corrected chi connectivity index (χ2v) is 3.82. The highest BCUT2D eigenvalue weighted by atomic mass is 127. The first kappa shape index (κ1) is 9.91. The molecule has 64 valence electrons. The number of carbonyl (C=O) groups is 1. The van der Waals surface area contributed by atoms with Crippen molar-refractivity contribution in [1.82, 2.24) is 4.98 Å². The van der Waals surface area contributed by atoms with E-state index >= 15 is 0 Å². The van der Waals surface area contributed by atoms with Gasteiger partial charge in [0.05, 0.1) is 12.7 Å². The molecule has 0 unspecified atom stereocenters. The third-order valence-corrected chi connectivity index (χ3v) is 2.43. The maximum Gasteiger partial charge on any atom is 0.340 e. The minimum Gasteiger partial charge on any atom is -0.465 e. The quantitative estimate of drug-likeness (QED) is 0.447. The second-order valence-electron chi connectivity index (χ2n) is 1.96.